The molecule has 0 saturated heterocycles. The fourth-order valence-corrected chi connectivity index (χ4v) is 15.3. The molecule has 0 bridgehead atoms. The summed E-state index contributed by atoms with van der Waals surface area (Å²) in [5.41, 5.74) is 7.44. The summed E-state index contributed by atoms with van der Waals surface area (Å²) >= 11 is -2.45. The molecule has 2 aromatic carbocycles. The van der Waals surface area contributed by atoms with Gasteiger partial charge in [0.25, 0.3) is 0 Å². The molecule has 2 aliphatic rings. The van der Waals surface area contributed by atoms with Crippen molar-refractivity contribution in [3.8, 4) is 0 Å². The smallest absolute Gasteiger partial charge is 0.147 e. The van der Waals surface area contributed by atoms with Crippen LogP contribution in [0, 0.1) is 0 Å². The van der Waals surface area contributed by atoms with Crippen LogP contribution in [0.15, 0.2) is 60.7 Å². The third kappa shape index (κ3) is 5.00. The Morgan fingerprint density at radius 3 is 2.32 bits per heavy atom. The molecule has 0 spiro atoms. The molecular formula is C25H35Cl2OSi2Zr. The number of fused-ring (bicyclic) bond motifs is 2. The summed E-state index contributed by atoms with van der Waals surface area (Å²) in [4.78, 5) is 0. The Morgan fingerprint density at radius 1 is 1.00 bits per heavy atom. The van der Waals surface area contributed by atoms with Crippen molar-refractivity contribution in [2.45, 2.75) is 44.4 Å². The van der Waals surface area contributed by atoms with Crippen molar-refractivity contribution < 1.29 is 23.3 Å². The predicted molar refractivity (Wildman–Crippen MR) is 143 cm³/mol. The first kappa shape index (κ1) is 27.0. The van der Waals surface area contributed by atoms with Gasteiger partial charge in [-0.25, -0.2) is 0 Å². The second-order valence-electron chi connectivity index (χ2n) is 10.1. The molecule has 0 heterocycles. The zero-order chi connectivity index (χ0) is 20.9. The van der Waals surface area contributed by atoms with Crippen molar-refractivity contribution in [1.29, 1.82) is 0 Å². The monoisotopic (exact) mass is 567 g/mol. The first-order valence-electron chi connectivity index (χ1n) is 10.7. The second-order valence-corrected chi connectivity index (χ2v) is 36.4. The van der Waals surface area contributed by atoms with Gasteiger partial charge < -0.3 is 0 Å². The average molecular weight is 570 g/mol. The number of benzene rings is 2. The van der Waals surface area contributed by atoms with Gasteiger partial charge in [0, 0.05) is 0 Å². The fourth-order valence-electron chi connectivity index (χ4n) is 5.12. The van der Waals surface area contributed by atoms with E-state index in [1.54, 1.807) is 5.56 Å². The maximum Gasteiger partial charge on any atom is -0.147 e. The molecule has 4 rings (SSSR count). The van der Waals surface area contributed by atoms with E-state index in [2.05, 4.69) is 103 Å². The molecule has 2 atom stereocenters. The van der Waals surface area contributed by atoms with Crippen LogP contribution in [0.4, 0.5) is 0 Å². The number of rotatable bonds is 6. The zero-order valence-corrected chi connectivity index (χ0v) is 25.8. The Bertz CT molecular complexity index is 1050. The SMILES string of the molecule is C[Si](C)(C)OCCC1=CC([C]2([Zr]([CH3])([CH3])=[SiH2])C=Cc3ccccc32)c2ccccc21.Cl.Cl. The van der Waals surface area contributed by atoms with E-state index in [0.717, 1.165) is 13.0 Å². The van der Waals surface area contributed by atoms with Crippen molar-refractivity contribution in [3.05, 3.63) is 82.9 Å². The van der Waals surface area contributed by atoms with Crippen LogP contribution < -0.4 is 0 Å². The molecule has 0 saturated carbocycles. The van der Waals surface area contributed by atoms with Gasteiger partial charge in [0.1, 0.15) is 0 Å². The summed E-state index contributed by atoms with van der Waals surface area (Å²) in [5, 5.41) is 0. The summed E-state index contributed by atoms with van der Waals surface area (Å²) < 4.78 is 11.6. The Labute approximate surface area is 207 Å². The molecule has 0 aromatic heterocycles. The molecule has 2 aliphatic carbocycles. The van der Waals surface area contributed by atoms with E-state index < -0.39 is 27.2 Å². The summed E-state index contributed by atoms with van der Waals surface area (Å²) in [6.07, 6.45) is 8.60. The summed E-state index contributed by atoms with van der Waals surface area (Å²) in [5.74, 6) is 0.448. The molecule has 0 amide bonds. The quantitative estimate of drug-likeness (QED) is 0.341. The van der Waals surface area contributed by atoms with E-state index >= 15 is 0 Å². The first-order chi connectivity index (χ1) is 13.6. The van der Waals surface area contributed by atoms with Crippen LogP contribution in [0.1, 0.15) is 34.6 Å². The average Bonchev–Trinajstić information content (AvgIpc) is 3.20. The molecule has 6 heteroatoms. The van der Waals surface area contributed by atoms with Crippen LogP contribution in [-0.4, -0.2) is 21.8 Å². The Kier molecular flexibility index (Phi) is 8.68. The van der Waals surface area contributed by atoms with Crippen molar-refractivity contribution >= 4 is 51.7 Å². The van der Waals surface area contributed by atoms with Crippen molar-refractivity contribution in [3.63, 3.8) is 0 Å². The number of halogens is 2. The van der Waals surface area contributed by atoms with Crippen LogP contribution >= 0.6 is 24.8 Å². The van der Waals surface area contributed by atoms with E-state index in [1.165, 1.54) is 22.3 Å². The van der Waals surface area contributed by atoms with Gasteiger partial charge in [0.2, 0.25) is 0 Å². The van der Waals surface area contributed by atoms with Gasteiger partial charge in [-0.1, -0.05) is 0 Å². The molecule has 0 radical (unpaired) electrons. The topological polar surface area (TPSA) is 9.23 Å². The Balaban J connectivity index is 0.00000171. The van der Waals surface area contributed by atoms with Gasteiger partial charge in [0.15, 0.2) is 0 Å². The van der Waals surface area contributed by atoms with Crippen molar-refractivity contribution in [2.75, 3.05) is 6.61 Å². The minimum absolute atomic E-state index is 0. The van der Waals surface area contributed by atoms with Gasteiger partial charge in [-0.3, -0.25) is 0 Å². The molecule has 0 aliphatic heterocycles. The normalized spacial score (nSPS) is 21.6. The predicted octanol–water partition coefficient (Wildman–Crippen LogP) is 6.97. The summed E-state index contributed by atoms with van der Waals surface area (Å²) in [6.45, 7) is 10.0. The standard InChI is InChI=1S/C23H25OSi.2CH3.2ClH.H2Si.Zr/c1-25(2,3)24-15-14-18-16-23(21-11-7-6-10-20(18)21)22-13-12-17-8-4-5-9-19(17)22;;;;;;/h4-13,16,23H,14-15H2,1-3H3;2*1H3;2*1H;1H2;. The van der Waals surface area contributed by atoms with E-state index in [-0.39, 0.29) is 27.9 Å². The largest absolute Gasteiger partial charge is 0.147 e. The van der Waals surface area contributed by atoms with Gasteiger partial charge in [-0.15, -0.1) is 24.8 Å². The minimum atomic E-state index is -2.45. The number of allylic oxidation sites excluding steroid dienone is 2. The third-order valence-electron chi connectivity index (χ3n) is 6.46. The van der Waals surface area contributed by atoms with E-state index in [1.807, 2.05) is 0 Å². The molecule has 0 fully saturated rings. The molecule has 2 aromatic rings. The molecule has 2 unspecified atom stereocenters. The van der Waals surface area contributed by atoms with Gasteiger partial charge >= 0.3 is 184 Å². The van der Waals surface area contributed by atoms with Gasteiger partial charge in [0.05, 0.1) is 0 Å². The van der Waals surface area contributed by atoms with E-state index in [9.17, 15) is 0 Å². The molecule has 0 N–H and O–H groups in total. The zero-order valence-electron chi connectivity index (χ0n) is 19.3. The number of hydrogen-bond acceptors (Lipinski definition) is 1. The number of hydrogen-bond donors (Lipinski definition) is 0. The summed E-state index contributed by atoms with van der Waals surface area (Å²) in [7, 11) is -1.48. The van der Waals surface area contributed by atoms with Crippen molar-refractivity contribution in [1.82, 2.24) is 0 Å². The fraction of sp³-hybridized carbons (Fsp3) is 0.360. The van der Waals surface area contributed by atoms with Crippen LogP contribution in [0.25, 0.3) is 11.6 Å². The van der Waals surface area contributed by atoms with Gasteiger partial charge in [-0.05, 0) is 0 Å². The van der Waals surface area contributed by atoms with E-state index in [0.29, 0.717) is 5.92 Å². The first-order valence-corrected chi connectivity index (χ1v) is 26.2. The molecule has 167 valence electrons. The molecule has 31 heavy (non-hydrogen) atoms. The van der Waals surface area contributed by atoms with Crippen LogP contribution in [-0.2, 0) is 26.4 Å². The maximum absolute atomic E-state index is 6.21. The summed E-state index contributed by atoms with van der Waals surface area (Å²) in [6, 6.07) is 18.2. The van der Waals surface area contributed by atoms with Crippen LogP contribution in [0.5, 0.6) is 0 Å². The van der Waals surface area contributed by atoms with Crippen molar-refractivity contribution in [2.24, 2.45) is 0 Å². The van der Waals surface area contributed by atoms with Crippen LogP contribution in [0.2, 0.25) is 28.9 Å². The molecular weight excluding hydrogens is 535 g/mol. The van der Waals surface area contributed by atoms with E-state index in [4.69, 9.17) is 4.43 Å². The third-order valence-corrected chi connectivity index (χ3v) is 18.3. The Morgan fingerprint density at radius 2 is 1.65 bits per heavy atom. The Hall–Kier alpha value is -0.223. The van der Waals surface area contributed by atoms with Gasteiger partial charge in [-0.2, -0.15) is 0 Å². The van der Waals surface area contributed by atoms with Crippen LogP contribution in [0.3, 0.4) is 0 Å². The molecule has 1 nitrogen and oxygen atoms in total. The minimum Gasteiger partial charge on any atom is -0.147 e. The maximum atomic E-state index is 6.21. The second kappa shape index (κ2) is 9.95.